The van der Waals surface area contributed by atoms with Crippen molar-refractivity contribution in [2.75, 3.05) is 19.8 Å². The van der Waals surface area contributed by atoms with Crippen LogP contribution in [0.25, 0.3) is 0 Å². The molecule has 0 aromatic carbocycles. The molecule has 1 amide bonds. The smallest absolute Gasteiger partial charge is 0.220 e. The van der Waals surface area contributed by atoms with E-state index in [1.807, 2.05) is 6.08 Å². The van der Waals surface area contributed by atoms with Gasteiger partial charge in [0.15, 0.2) is 12.6 Å². The van der Waals surface area contributed by atoms with Gasteiger partial charge in [0.2, 0.25) is 5.91 Å². The zero-order chi connectivity index (χ0) is 58.1. The van der Waals surface area contributed by atoms with Gasteiger partial charge in [-0.15, -0.1) is 0 Å². The third-order valence-electron chi connectivity index (χ3n) is 13.8. The highest BCUT2D eigenvalue weighted by Crippen LogP contribution is 2.30. The molecular formula is C66H107NO13. The maximum atomic E-state index is 13.2. The van der Waals surface area contributed by atoms with Gasteiger partial charge in [-0.3, -0.25) is 4.79 Å². The van der Waals surface area contributed by atoms with Gasteiger partial charge in [-0.2, -0.15) is 0 Å². The summed E-state index contributed by atoms with van der Waals surface area (Å²) in [7, 11) is 0. The standard InChI is InChI=1S/C66H107NO13/c1-3-5-7-9-11-13-15-16-17-18-19-20-21-22-23-24-25-26-27-28-29-30-31-32-33-34-35-36-37-38-40-42-44-46-48-50-58(71)67-54(55(70)49-47-45-43-41-39-14-12-10-8-6-4-2)53-77-65-63(76)61(74)64(57(52-69)79-65)80-66-62(75)60(73)59(72)56(51-68)78-66/h5,7-8,10-11,13,16-17,19-20,22-23,25-26,28-29,31-32,39,41,47,49,54-57,59-66,68-70,72-76H,3-4,6,9,12,14-15,18,21,24,27,30,33-38,40,42-46,48,50-53H2,1-2H3,(H,67,71)/b7-5-,10-8+,13-11-,17-16-,20-19-,23-22-,26-25-,29-28-,32-31-,41-39+,49-47+. The summed E-state index contributed by atoms with van der Waals surface area (Å²) in [6.45, 7) is 2.54. The Morgan fingerprint density at radius 3 is 1.36 bits per heavy atom. The van der Waals surface area contributed by atoms with Crippen molar-refractivity contribution < 1.29 is 64.6 Å². The molecule has 0 aromatic rings. The van der Waals surface area contributed by atoms with Gasteiger partial charge < -0.3 is 65.1 Å². The fraction of sp³-hybridized carbons (Fsp3) is 0.652. The van der Waals surface area contributed by atoms with Gasteiger partial charge >= 0.3 is 0 Å². The largest absolute Gasteiger partial charge is 0.394 e. The van der Waals surface area contributed by atoms with Crippen molar-refractivity contribution in [2.45, 2.75) is 254 Å². The Hall–Kier alpha value is -3.87. The summed E-state index contributed by atoms with van der Waals surface area (Å²) in [6, 6.07) is -0.948. The van der Waals surface area contributed by atoms with Crippen LogP contribution in [0.15, 0.2) is 134 Å². The molecule has 14 nitrogen and oxygen atoms in total. The Bertz CT molecular complexity index is 1850. The molecule has 2 aliphatic heterocycles. The van der Waals surface area contributed by atoms with Crippen molar-refractivity contribution in [2.24, 2.45) is 0 Å². The van der Waals surface area contributed by atoms with Gasteiger partial charge in [-0.1, -0.05) is 205 Å². The normalized spacial score (nSPS) is 25.2. The van der Waals surface area contributed by atoms with E-state index in [4.69, 9.17) is 18.9 Å². The molecule has 454 valence electrons. The van der Waals surface area contributed by atoms with Gasteiger partial charge in [-0.05, 0) is 103 Å². The number of hydrogen-bond acceptors (Lipinski definition) is 13. The van der Waals surface area contributed by atoms with Crippen LogP contribution in [0.5, 0.6) is 0 Å². The summed E-state index contributed by atoms with van der Waals surface area (Å²) < 4.78 is 22.7. The topological polar surface area (TPSA) is 228 Å². The van der Waals surface area contributed by atoms with E-state index in [0.717, 1.165) is 109 Å². The van der Waals surface area contributed by atoms with E-state index >= 15 is 0 Å². The average molecular weight is 1120 g/mol. The highest BCUT2D eigenvalue weighted by atomic mass is 16.7. The maximum Gasteiger partial charge on any atom is 0.220 e. The van der Waals surface area contributed by atoms with Crippen LogP contribution in [0, 0.1) is 0 Å². The molecule has 12 unspecified atom stereocenters. The quantitative estimate of drug-likeness (QED) is 0.0204. The van der Waals surface area contributed by atoms with Crippen LogP contribution in [-0.2, 0) is 23.7 Å². The van der Waals surface area contributed by atoms with Crippen LogP contribution in [0.2, 0.25) is 0 Å². The Morgan fingerprint density at radius 2 is 0.875 bits per heavy atom. The second kappa shape index (κ2) is 49.7. The summed E-state index contributed by atoms with van der Waals surface area (Å²) >= 11 is 0. The molecule has 0 bridgehead atoms. The van der Waals surface area contributed by atoms with Crippen LogP contribution in [-0.4, -0.2) is 140 Å². The summed E-state index contributed by atoms with van der Waals surface area (Å²) in [4.78, 5) is 13.2. The lowest BCUT2D eigenvalue weighted by Gasteiger charge is -2.46. The highest BCUT2D eigenvalue weighted by molar-refractivity contribution is 5.76. The lowest BCUT2D eigenvalue weighted by Crippen LogP contribution is -2.65. The van der Waals surface area contributed by atoms with Crippen LogP contribution in [0.4, 0.5) is 0 Å². The fourth-order valence-corrected chi connectivity index (χ4v) is 8.93. The Morgan fingerprint density at radius 1 is 0.463 bits per heavy atom. The van der Waals surface area contributed by atoms with Crippen molar-refractivity contribution in [3.8, 4) is 0 Å². The first kappa shape index (κ1) is 72.2. The second-order valence-electron chi connectivity index (χ2n) is 20.7. The minimum atomic E-state index is -1.80. The fourth-order valence-electron chi connectivity index (χ4n) is 8.93. The van der Waals surface area contributed by atoms with E-state index in [1.165, 1.54) is 38.5 Å². The van der Waals surface area contributed by atoms with Crippen LogP contribution in [0.3, 0.4) is 0 Å². The summed E-state index contributed by atoms with van der Waals surface area (Å²) in [5.74, 6) is -0.267. The number of amides is 1. The molecule has 0 saturated carbocycles. The third kappa shape index (κ3) is 34.5. The molecule has 9 N–H and O–H groups in total. The van der Waals surface area contributed by atoms with Crippen molar-refractivity contribution in [3.05, 3.63) is 134 Å². The number of unbranched alkanes of at least 4 members (excludes halogenated alkanes) is 13. The van der Waals surface area contributed by atoms with Gasteiger partial charge in [0.1, 0.15) is 48.8 Å². The van der Waals surface area contributed by atoms with Crippen molar-refractivity contribution >= 4 is 5.91 Å². The number of rotatable bonds is 46. The third-order valence-corrected chi connectivity index (χ3v) is 13.8. The van der Waals surface area contributed by atoms with E-state index in [-0.39, 0.29) is 18.9 Å². The molecule has 14 heteroatoms. The monoisotopic (exact) mass is 1120 g/mol. The molecule has 2 aliphatic rings. The lowest BCUT2D eigenvalue weighted by atomic mass is 9.97. The van der Waals surface area contributed by atoms with Gasteiger partial charge in [-0.25, -0.2) is 0 Å². The number of carbonyl (C=O) groups is 1. The van der Waals surface area contributed by atoms with E-state index in [0.29, 0.717) is 12.8 Å². The lowest BCUT2D eigenvalue weighted by molar-refractivity contribution is -0.359. The van der Waals surface area contributed by atoms with Gasteiger partial charge in [0, 0.05) is 6.42 Å². The van der Waals surface area contributed by atoms with E-state index < -0.39 is 86.8 Å². The summed E-state index contributed by atoms with van der Waals surface area (Å²) in [5.41, 5.74) is 0. The molecule has 0 spiro atoms. The average Bonchev–Trinajstić information content (AvgIpc) is 3.46. The Kier molecular flexibility index (Phi) is 44.9. The molecule has 0 aliphatic carbocycles. The predicted octanol–water partition coefficient (Wildman–Crippen LogP) is 10.8. The van der Waals surface area contributed by atoms with Crippen molar-refractivity contribution in [3.63, 3.8) is 0 Å². The zero-order valence-electron chi connectivity index (χ0n) is 48.8. The maximum absolute atomic E-state index is 13.2. The van der Waals surface area contributed by atoms with Crippen LogP contribution < -0.4 is 5.32 Å². The number of ether oxygens (including phenoxy) is 4. The molecule has 2 rings (SSSR count). The molecule has 2 fully saturated rings. The number of nitrogens with one attached hydrogen (secondary N) is 1. The molecule has 80 heavy (non-hydrogen) atoms. The highest BCUT2D eigenvalue weighted by Gasteiger charge is 2.51. The first-order chi connectivity index (χ1) is 39.1. The minimum Gasteiger partial charge on any atom is -0.394 e. The Balaban J connectivity index is 1.65. The van der Waals surface area contributed by atoms with Crippen LogP contribution >= 0.6 is 0 Å². The number of aliphatic hydroxyl groups is 8. The van der Waals surface area contributed by atoms with E-state index in [1.54, 1.807) is 6.08 Å². The van der Waals surface area contributed by atoms with Gasteiger partial charge in [0.25, 0.3) is 0 Å². The summed E-state index contributed by atoms with van der Waals surface area (Å²) in [6.07, 6.45) is 56.6. The number of hydrogen-bond donors (Lipinski definition) is 9. The summed E-state index contributed by atoms with van der Waals surface area (Å²) in [5, 5.41) is 86.9. The van der Waals surface area contributed by atoms with E-state index in [2.05, 4.69) is 141 Å². The molecule has 2 saturated heterocycles. The Labute approximate surface area is 481 Å². The zero-order valence-corrected chi connectivity index (χ0v) is 48.8. The second-order valence-corrected chi connectivity index (χ2v) is 20.7. The molecule has 0 aromatic heterocycles. The molecule has 2 heterocycles. The number of allylic oxidation sites excluding steroid dienone is 21. The van der Waals surface area contributed by atoms with Crippen molar-refractivity contribution in [1.29, 1.82) is 0 Å². The first-order valence-electron chi connectivity index (χ1n) is 30.4. The first-order valence-corrected chi connectivity index (χ1v) is 30.4. The van der Waals surface area contributed by atoms with E-state index in [9.17, 15) is 45.6 Å². The predicted molar refractivity (Wildman–Crippen MR) is 322 cm³/mol. The van der Waals surface area contributed by atoms with Crippen molar-refractivity contribution in [1.82, 2.24) is 5.32 Å². The molecule has 12 atom stereocenters. The number of carbonyl (C=O) groups excluding carboxylic acids is 1. The molecular weight excluding hydrogens is 1010 g/mol. The molecule has 0 radical (unpaired) electrons. The van der Waals surface area contributed by atoms with Gasteiger partial charge in [0.05, 0.1) is 32.0 Å². The minimum absolute atomic E-state index is 0.255. The van der Waals surface area contributed by atoms with Crippen LogP contribution in [0.1, 0.15) is 181 Å². The SMILES string of the molecule is CC/C=C\C/C=C\C/C=C\C/C=C\C/C=C\C/C=C\C/C=C\C/C=C\CCCCCCCCCCCCC(=O)NC(COC1OC(CO)C(OC2OC(CO)C(O)C(O)C2O)C(O)C1O)C(O)/C=C/CC/C=C/CC/C=C/CCC. The number of aliphatic hydroxyl groups excluding tert-OH is 8.